The van der Waals surface area contributed by atoms with Gasteiger partial charge in [-0.2, -0.15) is 13.2 Å². The van der Waals surface area contributed by atoms with Gasteiger partial charge >= 0.3 is 6.18 Å². The highest BCUT2D eigenvalue weighted by atomic mass is 19.4. The molecule has 0 spiro atoms. The molecule has 1 rings (SSSR count). The van der Waals surface area contributed by atoms with Gasteiger partial charge in [0.05, 0.1) is 5.56 Å². The minimum absolute atomic E-state index is 0.210. The van der Waals surface area contributed by atoms with Crippen LogP contribution in [-0.4, -0.2) is 18.6 Å². The maximum absolute atomic E-state index is 12.7. The van der Waals surface area contributed by atoms with E-state index >= 15 is 0 Å². The first-order valence-electron chi connectivity index (χ1n) is 6.41. The molecule has 0 amide bonds. The van der Waals surface area contributed by atoms with E-state index < -0.39 is 11.7 Å². The van der Waals surface area contributed by atoms with E-state index in [1.165, 1.54) is 0 Å². The molecule has 1 aromatic rings. The van der Waals surface area contributed by atoms with Gasteiger partial charge in [0, 0.05) is 13.6 Å². The minimum atomic E-state index is -4.36. The zero-order valence-corrected chi connectivity index (χ0v) is 11.4. The summed E-state index contributed by atoms with van der Waals surface area (Å²) in [5.74, 6) is 0.905. The van der Waals surface area contributed by atoms with E-state index in [9.17, 15) is 13.2 Å². The first-order chi connectivity index (χ1) is 8.90. The number of pyridine rings is 1. The molecule has 0 saturated carbocycles. The van der Waals surface area contributed by atoms with Gasteiger partial charge in [-0.05, 0) is 18.1 Å². The van der Waals surface area contributed by atoms with E-state index in [2.05, 4.69) is 29.5 Å². The third kappa shape index (κ3) is 4.61. The van der Waals surface area contributed by atoms with Crippen LogP contribution in [0.2, 0.25) is 0 Å². The molecule has 0 saturated heterocycles. The van der Waals surface area contributed by atoms with Gasteiger partial charge in [0.1, 0.15) is 11.6 Å². The molecular weight excluding hydrogens is 255 g/mol. The zero-order chi connectivity index (χ0) is 14.5. The Hall–Kier alpha value is -1.46. The number of nitrogens with zero attached hydrogens (tertiary/aromatic N) is 1. The highest BCUT2D eigenvalue weighted by Gasteiger charge is 2.31. The second kappa shape index (κ2) is 6.63. The lowest BCUT2D eigenvalue weighted by molar-refractivity contribution is -0.137. The normalized spacial score (nSPS) is 11.7. The molecule has 6 heteroatoms. The summed E-state index contributed by atoms with van der Waals surface area (Å²) in [6, 6.07) is 2.05. The first kappa shape index (κ1) is 15.6. The molecule has 0 aromatic carbocycles. The van der Waals surface area contributed by atoms with E-state index in [4.69, 9.17) is 0 Å². The predicted molar refractivity (Wildman–Crippen MR) is 71.3 cm³/mol. The smallest absolute Gasteiger partial charge is 0.373 e. The zero-order valence-electron chi connectivity index (χ0n) is 11.4. The molecule has 0 atom stereocenters. The van der Waals surface area contributed by atoms with Gasteiger partial charge in [0.25, 0.3) is 0 Å². The van der Waals surface area contributed by atoms with Gasteiger partial charge in [-0.25, -0.2) is 4.98 Å². The van der Waals surface area contributed by atoms with Crippen molar-refractivity contribution >= 4 is 11.6 Å². The lowest BCUT2D eigenvalue weighted by Crippen LogP contribution is -2.15. The van der Waals surface area contributed by atoms with Gasteiger partial charge in [0.2, 0.25) is 0 Å². The number of alkyl halides is 3. The van der Waals surface area contributed by atoms with Crippen LogP contribution in [0.25, 0.3) is 0 Å². The van der Waals surface area contributed by atoms with Crippen LogP contribution in [0, 0.1) is 5.92 Å². The van der Waals surface area contributed by atoms with Crippen LogP contribution < -0.4 is 10.6 Å². The molecule has 2 N–H and O–H groups in total. The fourth-order valence-corrected chi connectivity index (χ4v) is 1.74. The molecule has 0 aliphatic rings. The van der Waals surface area contributed by atoms with E-state index in [0.717, 1.165) is 25.0 Å². The standard InChI is InChI=1S/C13H20F3N3/c1-4-9(5-2)8-18-12-7-10(13(14,15)16)6-11(17-3)19-12/h6-7,9H,4-5,8H2,1-3H3,(H2,17,18,19). The SMILES string of the molecule is CCC(CC)CNc1cc(C(F)(F)F)cc(NC)n1. The topological polar surface area (TPSA) is 37.0 Å². The minimum Gasteiger partial charge on any atom is -0.373 e. The van der Waals surface area contributed by atoms with E-state index in [-0.39, 0.29) is 11.6 Å². The fourth-order valence-electron chi connectivity index (χ4n) is 1.74. The highest BCUT2D eigenvalue weighted by Crippen LogP contribution is 2.32. The van der Waals surface area contributed by atoms with E-state index in [1.54, 1.807) is 7.05 Å². The van der Waals surface area contributed by atoms with Gasteiger partial charge < -0.3 is 10.6 Å². The van der Waals surface area contributed by atoms with E-state index in [1.807, 2.05) is 0 Å². The van der Waals surface area contributed by atoms with Crippen molar-refractivity contribution in [3.63, 3.8) is 0 Å². The molecule has 3 nitrogen and oxygen atoms in total. The number of rotatable bonds is 6. The van der Waals surface area contributed by atoms with Crippen molar-refractivity contribution in [3.05, 3.63) is 17.7 Å². The number of hydrogen-bond acceptors (Lipinski definition) is 3. The third-order valence-corrected chi connectivity index (χ3v) is 3.14. The molecule has 1 heterocycles. The number of hydrogen-bond donors (Lipinski definition) is 2. The Morgan fingerprint density at radius 2 is 1.74 bits per heavy atom. The van der Waals surface area contributed by atoms with Crippen LogP contribution in [0.3, 0.4) is 0 Å². The number of nitrogens with one attached hydrogen (secondary N) is 2. The molecule has 0 aliphatic heterocycles. The van der Waals surface area contributed by atoms with Gasteiger partial charge in [-0.1, -0.05) is 26.7 Å². The molecule has 0 aliphatic carbocycles. The Kier molecular flexibility index (Phi) is 5.44. The molecule has 1 aromatic heterocycles. The average molecular weight is 275 g/mol. The fraction of sp³-hybridized carbons (Fsp3) is 0.615. The molecule has 19 heavy (non-hydrogen) atoms. The lowest BCUT2D eigenvalue weighted by Gasteiger charge is -2.16. The van der Waals surface area contributed by atoms with Gasteiger partial charge in [0.15, 0.2) is 0 Å². The second-order valence-corrected chi connectivity index (χ2v) is 4.44. The van der Waals surface area contributed by atoms with Crippen LogP contribution in [0.5, 0.6) is 0 Å². The lowest BCUT2D eigenvalue weighted by atomic mass is 10.0. The van der Waals surface area contributed by atoms with Crippen LogP contribution in [-0.2, 0) is 6.18 Å². The molecule has 108 valence electrons. The van der Waals surface area contributed by atoms with Crippen molar-refractivity contribution in [2.24, 2.45) is 5.92 Å². The highest BCUT2D eigenvalue weighted by molar-refractivity contribution is 5.49. The summed E-state index contributed by atoms with van der Waals surface area (Å²) in [5.41, 5.74) is -0.695. The average Bonchev–Trinajstić information content (AvgIpc) is 2.38. The van der Waals surface area contributed by atoms with Gasteiger partial charge in [-0.15, -0.1) is 0 Å². The summed E-state index contributed by atoms with van der Waals surface area (Å²) in [7, 11) is 1.55. The third-order valence-electron chi connectivity index (χ3n) is 3.14. The maximum atomic E-state index is 12.7. The molecule has 0 radical (unpaired) electrons. The Morgan fingerprint density at radius 3 is 2.21 bits per heavy atom. The van der Waals surface area contributed by atoms with Crippen LogP contribution in [0.4, 0.5) is 24.8 Å². The summed E-state index contributed by atoms with van der Waals surface area (Å²) >= 11 is 0. The second-order valence-electron chi connectivity index (χ2n) is 4.44. The van der Waals surface area contributed by atoms with Crippen molar-refractivity contribution in [1.82, 2.24) is 4.98 Å². The number of aromatic nitrogens is 1. The van der Waals surface area contributed by atoms with Gasteiger partial charge in [-0.3, -0.25) is 0 Å². The summed E-state index contributed by atoms with van der Waals surface area (Å²) < 4.78 is 38.2. The first-order valence-corrected chi connectivity index (χ1v) is 6.41. The van der Waals surface area contributed by atoms with Crippen molar-refractivity contribution in [2.45, 2.75) is 32.9 Å². The number of halogens is 3. The van der Waals surface area contributed by atoms with Crippen molar-refractivity contribution in [2.75, 3.05) is 24.2 Å². The Labute approximate surface area is 111 Å². The maximum Gasteiger partial charge on any atom is 0.416 e. The quantitative estimate of drug-likeness (QED) is 0.824. The Morgan fingerprint density at radius 1 is 1.16 bits per heavy atom. The Balaban J connectivity index is 2.88. The summed E-state index contributed by atoms with van der Waals surface area (Å²) in [5, 5.41) is 5.63. The molecule has 0 fully saturated rings. The molecule has 0 unspecified atom stereocenters. The van der Waals surface area contributed by atoms with Crippen LogP contribution in [0.15, 0.2) is 12.1 Å². The monoisotopic (exact) mass is 275 g/mol. The van der Waals surface area contributed by atoms with E-state index in [0.29, 0.717) is 12.5 Å². The Bertz CT molecular complexity index is 401. The van der Waals surface area contributed by atoms with Crippen LogP contribution in [0.1, 0.15) is 32.3 Å². The summed E-state index contributed by atoms with van der Waals surface area (Å²) in [6.45, 7) is 4.76. The van der Waals surface area contributed by atoms with Crippen LogP contribution >= 0.6 is 0 Å². The predicted octanol–water partition coefficient (Wildman–Crippen LogP) is 3.99. The number of anilines is 2. The summed E-state index contributed by atoms with van der Waals surface area (Å²) in [6.07, 6.45) is -2.39. The van der Waals surface area contributed by atoms with Crippen molar-refractivity contribution in [3.8, 4) is 0 Å². The molecular formula is C13H20F3N3. The molecule has 0 bridgehead atoms. The van der Waals surface area contributed by atoms with Crippen molar-refractivity contribution in [1.29, 1.82) is 0 Å². The summed E-state index contributed by atoms with van der Waals surface area (Å²) in [4.78, 5) is 4.08. The largest absolute Gasteiger partial charge is 0.416 e. The van der Waals surface area contributed by atoms with Crippen molar-refractivity contribution < 1.29 is 13.2 Å².